The maximum atomic E-state index is 11.4. The molecular weight excluding hydrogens is 220 g/mol. The van der Waals surface area contributed by atoms with E-state index >= 15 is 0 Å². The van der Waals surface area contributed by atoms with Gasteiger partial charge in [-0.2, -0.15) is 0 Å². The van der Waals surface area contributed by atoms with E-state index in [-0.39, 0.29) is 5.56 Å². The van der Waals surface area contributed by atoms with Crippen LogP contribution in [0.2, 0.25) is 0 Å². The third kappa shape index (κ3) is 2.04. The van der Waals surface area contributed by atoms with E-state index in [1.807, 2.05) is 12.1 Å². The number of aromatic nitrogens is 2. The Morgan fingerprint density at radius 1 is 1.12 bits per heavy atom. The van der Waals surface area contributed by atoms with E-state index < -0.39 is 0 Å². The molecule has 0 spiro atoms. The first kappa shape index (κ1) is 11.3. The number of ether oxygens (including phenoxy) is 2. The summed E-state index contributed by atoms with van der Waals surface area (Å²) in [5, 5.41) is 2.96. The maximum Gasteiger partial charge on any atom is 0.266 e. The molecular formula is C12H14N2O3. The Labute approximate surface area is 98.6 Å². The SMILES string of the molecule is COc1ccc(-c2cc(=O)n(C)[nH]2)cc1OC. The van der Waals surface area contributed by atoms with Gasteiger partial charge in [-0.05, 0) is 18.2 Å². The van der Waals surface area contributed by atoms with Crippen LogP contribution in [0.15, 0.2) is 29.1 Å². The van der Waals surface area contributed by atoms with Crippen LogP contribution in [-0.4, -0.2) is 24.0 Å². The molecule has 0 aliphatic carbocycles. The zero-order valence-corrected chi connectivity index (χ0v) is 9.98. The van der Waals surface area contributed by atoms with Crippen molar-refractivity contribution in [3.05, 3.63) is 34.6 Å². The lowest BCUT2D eigenvalue weighted by Gasteiger charge is -2.08. The van der Waals surface area contributed by atoms with Gasteiger partial charge in [-0.3, -0.25) is 14.6 Å². The Morgan fingerprint density at radius 3 is 2.35 bits per heavy atom. The number of hydrogen-bond acceptors (Lipinski definition) is 3. The van der Waals surface area contributed by atoms with Gasteiger partial charge in [0.2, 0.25) is 0 Å². The highest BCUT2D eigenvalue weighted by atomic mass is 16.5. The van der Waals surface area contributed by atoms with Crippen LogP contribution in [0.3, 0.4) is 0 Å². The molecule has 1 heterocycles. The van der Waals surface area contributed by atoms with Crippen LogP contribution in [0.25, 0.3) is 11.3 Å². The third-order valence-corrected chi connectivity index (χ3v) is 2.58. The summed E-state index contributed by atoms with van der Waals surface area (Å²) in [6, 6.07) is 7.04. The third-order valence-electron chi connectivity index (χ3n) is 2.58. The van der Waals surface area contributed by atoms with Crippen LogP contribution in [0.5, 0.6) is 11.5 Å². The number of aryl methyl sites for hydroxylation is 1. The standard InChI is InChI=1S/C12H14N2O3/c1-14-12(15)7-9(13-14)8-4-5-10(16-2)11(6-8)17-3/h4-7,13H,1-3H3. The molecule has 0 aliphatic rings. The zero-order chi connectivity index (χ0) is 12.4. The van der Waals surface area contributed by atoms with Crippen molar-refractivity contribution in [3.8, 4) is 22.8 Å². The Hall–Kier alpha value is -2.17. The molecule has 5 nitrogen and oxygen atoms in total. The molecule has 1 aromatic carbocycles. The minimum Gasteiger partial charge on any atom is -0.493 e. The minimum absolute atomic E-state index is 0.0743. The van der Waals surface area contributed by atoms with Gasteiger partial charge in [0.1, 0.15) is 0 Å². The second kappa shape index (κ2) is 4.37. The van der Waals surface area contributed by atoms with Crippen molar-refractivity contribution in [1.29, 1.82) is 0 Å². The van der Waals surface area contributed by atoms with Gasteiger partial charge in [-0.15, -0.1) is 0 Å². The summed E-state index contributed by atoms with van der Waals surface area (Å²) in [5.74, 6) is 1.30. The van der Waals surface area contributed by atoms with Gasteiger partial charge in [-0.1, -0.05) is 0 Å². The Bertz CT molecular complexity index is 584. The second-order valence-corrected chi connectivity index (χ2v) is 3.64. The van der Waals surface area contributed by atoms with Crippen LogP contribution in [0.4, 0.5) is 0 Å². The molecule has 0 fully saturated rings. The summed E-state index contributed by atoms with van der Waals surface area (Å²) >= 11 is 0. The van der Waals surface area contributed by atoms with Crippen molar-refractivity contribution < 1.29 is 9.47 Å². The molecule has 2 aromatic rings. The molecule has 0 saturated heterocycles. The largest absolute Gasteiger partial charge is 0.493 e. The van der Waals surface area contributed by atoms with Gasteiger partial charge in [0.15, 0.2) is 11.5 Å². The first-order chi connectivity index (χ1) is 8.15. The fourth-order valence-corrected chi connectivity index (χ4v) is 1.64. The fourth-order valence-electron chi connectivity index (χ4n) is 1.64. The summed E-state index contributed by atoms with van der Waals surface area (Å²) in [4.78, 5) is 11.4. The van der Waals surface area contributed by atoms with E-state index in [2.05, 4.69) is 5.10 Å². The van der Waals surface area contributed by atoms with E-state index in [0.717, 1.165) is 11.3 Å². The number of methoxy groups -OCH3 is 2. The topological polar surface area (TPSA) is 56.2 Å². The van der Waals surface area contributed by atoms with Crippen LogP contribution in [-0.2, 0) is 7.05 Å². The van der Waals surface area contributed by atoms with E-state index in [9.17, 15) is 4.79 Å². The van der Waals surface area contributed by atoms with Crippen LogP contribution in [0, 0.1) is 0 Å². The predicted molar refractivity (Wildman–Crippen MR) is 64.6 cm³/mol. The molecule has 90 valence electrons. The highest BCUT2D eigenvalue weighted by Crippen LogP contribution is 2.31. The molecule has 0 amide bonds. The lowest BCUT2D eigenvalue weighted by Crippen LogP contribution is -2.09. The van der Waals surface area contributed by atoms with Crippen LogP contribution < -0.4 is 15.0 Å². The minimum atomic E-state index is -0.0743. The molecule has 0 saturated carbocycles. The number of aromatic amines is 1. The average Bonchev–Trinajstić information content (AvgIpc) is 2.68. The molecule has 0 bridgehead atoms. The van der Waals surface area contributed by atoms with Crippen molar-refractivity contribution >= 4 is 0 Å². The number of benzene rings is 1. The lowest BCUT2D eigenvalue weighted by atomic mass is 10.1. The number of hydrogen-bond donors (Lipinski definition) is 1. The Morgan fingerprint density at radius 2 is 1.82 bits per heavy atom. The lowest BCUT2D eigenvalue weighted by molar-refractivity contribution is 0.355. The van der Waals surface area contributed by atoms with E-state index in [4.69, 9.17) is 9.47 Å². The first-order valence-corrected chi connectivity index (χ1v) is 5.14. The fraction of sp³-hybridized carbons (Fsp3) is 0.250. The van der Waals surface area contributed by atoms with Gasteiger partial charge >= 0.3 is 0 Å². The van der Waals surface area contributed by atoms with E-state index in [1.165, 1.54) is 4.68 Å². The number of nitrogens with zero attached hydrogens (tertiary/aromatic N) is 1. The highest BCUT2D eigenvalue weighted by molar-refractivity contribution is 5.63. The summed E-state index contributed by atoms with van der Waals surface area (Å²) in [7, 11) is 4.84. The first-order valence-electron chi connectivity index (χ1n) is 5.14. The molecule has 0 radical (unpaired) electrons. The normalized spacial score (nSPS) is 10.3. The molecule has 2 rings (SSSR count). The number of rotatable bonds is 3. The van der Waals surface area contributed by atoms with Crippen molar-refractivity contribution in [3.63, 3.8) is 0 Å². The van der Waals surface area contributed by atoms with Crippen LogP contribution >= 0.6 is 0 Å². The highest BCUT2D eigenvalue weighted by Gasteiger charge is 2.08. The Kier molecular flexibility index (Phi) is 2.91. The van der Waals surface area contributed by atoms with Crippen LogP contribution in [0.1, 0.15) is 0 Å². The predicted octanol–water partition coefficient (Wildman–Crippen LogP) is 1.40. The van der Waals surface area contributed by atoms with Crippen molar-refractivity contribution in [2.75, 3.05) is 14.2 Å². The van der Waals surface area contributed by atoms with E-state index in [1.54, 1.807) is 33.4 Å². The van der Waals surface area contributed by atoms with Gasteiger partial charge in [-0.25, -0.2) is 0 Å². The number of nitrogens with one attached hydrogen (secondary N) is 1. The monoisotopic (exact) mass is 234 g/mol. The molecule has 1 aromatic heterocycles. The van der Waals surface area contributed by atoms with Gasteiger partial charge in [0.05, 0.1) is 19.9 Å². The van der Waals surface area contributed by atoms with Gasteiger partial charge in [0.25, 0.3) is 5.56 Å². The summed E-state index contributed by atoms with van der Waals surface area (Å²) in [5.41, 5.74) is 1.55. The molecule has 1 N–H and O–H groups in total. The second-order valence-electron chi connectivity index (χ2n) is 3.64. The molecule has 0 atom stereocenters. The van der Waals surface area contributed by atoms with Gasteiger partial charge < -0.3 is 9.47 Å². The molecule has 17 heavy (non-hydrogen) atoms. The Balaban J connectivity index is 2.49. The average molecular weight is 234 g/mol. The van der Waals surface area contributed by atoms with Crippen molar-refractivity contribution in [2.45, 2.75) is 0 Å². The smallest absolute Gasteiger partial charge is 0.266 e. The van der Waals surface area contributed by atoms with E-state index in [0.29, 0.717) is 11.5 Å². The maximum absolute atomic E-state index is 11.4. The molecule has 0 unspecified atom stereocenters. The number of H-pyrrole nitrogens is 1. The molecule has 5 heteroatoms. The molecule has 0 aliphatic heterocycles. The zero-order valence-electron chi connectivity index (χ0n) is 9.98. The summed E-state index contributed by atoms with van der Waals surface area (Å²) in [6.07, 6.45) is 0. The van der Waals surface area contributed by atoms with Gasteiger partial charge in [0, 0.05) is 18.7 Å². The quantitative estimate of drug-likeness (QED) is 0.873. The van der Waals surface area contributed by atoms with Crippen molar-refractivity contribution in [2.24, 2.45) is 7.05 Å². The van der Waals surface area contributed by atoms with Crippen molar-refractivity contribution in [1.82, 2.24) is 9.78 Å². The summed E-state index contributed by atoms with van der Waals surface area (Å²) < 4.78 is 11.8. The summed E-state index contributed by atoms with van der Waals surface area (Å²) in [6.45, 7) is 0.